The van der Waals surface area contributed by atoms with Crippen LogP contribution < -0.4 is 9.64 Å². The van der Waals surface area contributed by atoms with Crippen LogP contribution in [0.15, 0.2) is 48.0 Å². The van der Waals surface area contributed by atoms with Crippen LogP contribution in [-0.4, -0.2) is 61.4 Å². The van der Waals surface area contributed by atoms with Crippen molar-refractivity contribution in [3.8, 4) is 5.75 Å². The SMILES string of the molecule is CCN(CCOc1ccc(C)cc1)c1ccc(C=C2C(=O)N(C)C(=O)N(C)C2=O)c(C)c1. The summed E-state index contributed by atoms with van der Waals surface area (Å²) in [6.07, 6.45) is 1.56. The average molecular weight is 436 g/mol. The van der Waals surface area contributed by atoms with E-state index in [2.05, 4.69) is 11.8 Å². The van der Waals surface area contributed by atoms with Gasteiger partial charge in [-0.25, -0.2) is 4.79 Å². The van der Waals surface area contributed by atoms with E-state index in [0.717, 1.165) is 45.5 Å². The minimum absolute atomic E-state index is 0.0238. The molecule has 1 heterocycles. The van der Waals surface area contributed by atoms with Gasteiger partial charge in [-0.05, 0) is 62.2 Å². The Balaban J connectivity index is 1.73. The molecule has 168 valence electrons. The fourth-order valence-electron chi connectivity index (χ4n) is 3.53. The number of aryl methyl sites for hydroxylation is 2. The zero-order chi connectivity index (χ0) is 23.4. The van der Waals surface area contributed by atoms with E-state index in [9.17, 15) is 14.4 Å². The molecule has 4 amide bonds. The molecule has 1 fully saturated rings. The summed E-state index contributed by atoms with van der Waals surface area (Å²) in [4.78, 5) is 40.9. The topological polar surface area (TPSA) is 70.2 Å². The normalized spacial score (nSPS) is 14.2. The molecular formula is C25H29N3O4. The molecule has 32 heavy (non-hydrogen) atoms. The molecule has 7 heteroatoms. The lowest BCUT2D eigenvalue weighted by Gasteiger charge is -2.29. The third-order valence-electron chi connectivity index (χ3n) is 5.59. The molecule has 0 aliphatic carbocycles. The first-order valence-corrected chi connectivity index (χ1v) is 10.6. The quantitative estimate of drug-likeness (QED) is 0.491. The van der Waals surface area contributed by atoms with Crippen molar-refractivity contribution in [2.75, 3.05) is 38.7 Å². The second-order valence-electron chi connectivity index (χ2n) is 7.85. The van der Waals surface area contributed by atoms with Crippen molar-refractivity contribution >= 4 is 29.6 Å². The highest BCUT2D eigenvalue weighted by atomic mass is 16.5. The van der Waals surface area contributed by atoms with Gasteiger partial charge in [0, 0.05) is 26.3 Å². The van der Waals surface area contributed by atoms with E-state index in [0.29, 0.717) is 6.61 Å². The lowest BCUT2D eigenvalue weighted by molar-refractivity contribution is -0.134. The Morgan fingerprint density at radius 2 is 1.56 bits per heavy atom. The Morgan fingerprint density at radius 1 is 0.938 bits per heavy atom. The minimum Gasteiger partial charge on any atom is -0.492 e. The Morgan fingerprint density at radius 3 is 2.12 bits per heavy atom. The van der Waals surface area contributed by atoms with Crippen LogP contribution in [0, 0.1) is 13.8 Å². The molecule has 3 rings (SSSR count). The number of likely N-dealkylation sites (N-methyl/N-ethyl adjacent to an activating group) is 3. The number of nitrogens with zero attached hydrogens (tertiary/aromatic N) is 3. The summed E-state index contributed by atoms with van der Waals surface area (Å²) in [6.45, 7) is 8.14. The van der Waals surface area contributed by atoms with E-state index < -0.39 is 17.8 Å². The Kier molecular flexibility index (Phi) is 6.98. The van der Waals surface area contributed by atoms with Gasteiger partial charge in [0.2, 0.25) is 0 Å². The summed E-state index contributed by atoms with van der Waals surface area (Å²) >= 11 is 0. The molecule has 0 spiro atoms. The maximum Gasteiger partial charge on any atom is 0.333 e. The van der Waals surface area contributed by atoms with Gasteiger partial charge in [0.05, 0.1) is 6.54 Å². The minimum atomic E-state index is -0.629. The molecule has 2 aromatic carbocycles. The predicted octanol–water partition coefficient (Wildman–Crippen LogP) is 3.64. The van der Waals surface area contributed by atoms with Gasteiger partial charge >= 0.3 is 6.03 Å². The number of urea groups is 1. The number of benzene rings is 2. The number of barbiturate groups is 1. The first kappa shape index (κ1) is 23.1. The lowest BCUT2D eigenvalue weighted by Crippen LogP contribution is -2.52. The largest absolute Gasteiger partial charge is 0.492 e. The van der Waals surface area contributed by atoms with Gasteiger partial charge in [0.1, 0.15) is 17.9 Å². The van der Waals surface area contributed by atoms with Crippen LogP contribution in [0.25, 0.3) is 6.08 Å². The molecule has 2 aromatic rings. The van der Waals surface area contributed by atoms with Crippen LogP contribution in [0.3, 0.4) is 0 Å². The Hall–Kier alpha value is -3.61. The Bertz CT molecular complexity index is 1030. The molecule has 0 radical (unpaired) electrons. The van der Waals surface area contributed by atoms with Crippen LogP contribution in [0.4, 0.5) is 10.5 Å². The number of anilines is 1. The van der Waals surface area contributed by atoms with E-state index in [-0.39, 0.29) is 5.57 Å². The third-order valence-corrected chi connectivity index (χ3v) is 5.59. The molecule has 0 atom stereocenters. The summed E-state index contributed by atoms with van der Waals surface area (Å²) in [7, 11) is 2.74. The van der Waals surface area contributed by atoms with Crippen molar-refractivity contribution in [2.24, 2.45) is 0 Å². The maximum atomic E-state index is 12.4. The highest BCUT2D eigenvalue weighted by Crippen LogP contribution is 2.24. The fourth-order valence-corrected chi connectivity index (χ4v) is 3.53. The van der Waals surface area contributed by atoms with Gasteiger partial charge in [-0.15, -0.1) is 0 Å². The maximum absolute atomic E-state index is 12.4. The molecule has 1 saturated heterocycles. The van der Waals surface area contributed by atoms with Gasteiger partial charge < -0.3 is 9.64 Å². The molecular weight excluding hydrogens is 406 g/mol. The molecule has 7 nitrogen and oxygen atoms in total. The van der Waals surface area contributed by atoms with Crippen LogP contribution in [0.1, 0.15) is 23.6 Å². The van der Waals surface area contributed by atoms with Crippen LogP contribution in [0.5, 0.6) is 5.75 Å². The van der Waals surface area contributed by atoms with Crippen LogP contribution in [-0.2, 0) is 9.59 Å². The summed E-state index contributed by atoms with van der Waals surface area (Å²) < 4.78 is 5.86. The summed E-state index contributed by atoms with van der Waals surface area (Å²) in [6, 6.07) is 13.2. The van der Waals surface area contributed by atoms with E-state index in [4.69, 9.17) is 4.74 Å². The molecule has 0 N–H and O–H groups in total. The lowest BCUT2D eigenvalue weighted by atomic mass is 10.0. The molecule has 1 aliphatic rings. The summed E-state index contributed by atoms with van der Waals surface area (Å²) in [5.74, 6) is -0.338. The van der Waals surface area contributed by atoms with Crippen molar-refractivity contribution in [3.05, 3.63) is 64.7 Å². The zero-order valence-corrected chi connectivity index (χ0v) is 19.2. The van der Waals surface area contributed by atoms with E-state index >= 15 is 0 Å². The number of carbonyl (C=O) groups excluding carboxylic acids is 3. The van der Waals surface area contributed by atoms with Gasteiger partial charge in [0.25, 0.3) is 11.8 Å². The standard InChI is InChI=1S/C25H29N3O4/c1-6-28(13-14-32-21-11-7-17(2)8-12-21)20-10-9-19(18(3)15-20)16-22-23(29)26(4)25(31)27(5)24(22)30/h7-12,15-16H,6,13-14H2,1-5H3. The number of rotatable bonds is 7. The van der Waals surface area contributed by atoms with Crippen LogP contribution >= 0.6 is 0 Å². The van der Waals surface area contributed by atoms with Crippen molar-refractivity contribution in [2.45, 2.75) is 20.8 Å². The number of hydrogen-bond donors (Lipinski definition) is 0. The van der Waals surface area contributed by atoms with Crippen molar-refractivity contribution in [3.63, 3.8) is 0 Å². The zero-order valence-electron chi connectivity index (χ0n) is 19.2. The number of imide groups is 2. The van der Waals surface area contributed by atoms with E-state index in [1.807, 2.05) is 56.3 Å². The molecule has 1 aliphatic heterocycles. The Labute approximate surface area is 188 Å². The van der Waals surface area contributed by atoms with Gasteiger partial charge in [0.15, 0.2) is 0 Å². The number of ether oxygens (including phenoxy) is 1. The summed E-state index contributed by atoms with van der Waals surface area (Å²) in [5.41, 5.74) is 3.89. The number of hydrogen-bond acceptors (Lipinski definition) is 5. The molecule has 0 aromatic heterocycles. The second kappa shape index (κ2) is 9.68. The van der Waals surface area contributed by atoms with Crippen LogP contribution in [0.2, 0.25) is 0 Å². The van der Waals surface area contributed by atoms with Crippen molar-refractivity contribution < 1.29 is 19.1 Å². The van der Waals surface area contributed by atoms with Gasteiger partial charge in [-0.3, -0.25) is 19.4 Å². The predicted molar refractivity (Wildman–Crippen MR) is 125 cm³/mol. The highest BCUT2D eigenvalue weighted by Gasteiger charge is 2.37. The van der Waals surface area contributed by atoms with E-state index in [1.165, 1.54) is 19.7 Å². The highest BCUT2D eigenvalue weighted by molar-refractivity contribution is 6.30. The van der Waals surface area contributed by atoms with Crippen molar-refractivity contribution in [1.82, 2.24) is 9.80 Å². The average Bonchev–Trinajstić information content (AvgIpc) is 2.79. The third kappa shape index (κ3) is 4.82. The summed E-state index contributed by atoms with van der Waals surface area (Å²) in [5, 5.41) is 0. The van der Waals surface area contributed by atoms with E-state index in [1.54, 1.807) is 6.08 Å². The smallest absolute Gasteiger partial charge is 0.333 e. The van der Waals surface area contributed by atoms with Gasteiger partial charge in [-0.2, -0.15) is 0 Å². The monoisotopic (exact) mass is 435 g/mol. The first-order valence-electron chi connectivity index (χ1n) is 10.6. The van der Waals surface area contributed by atoms with Gasteiger partial charge in [-0.1, -0.05) is 23.8 Å². The number of amides is 4. The molecule has 0 unspecified atom stereocenters. The van der Waals surface area contributed by atoms with Crippen molar-refractivity contribution in [1.29, 1.82) is 0 Å². The molecule has 0 saturated carbocycles. The second-order valence-corrected chi connectivity index (χ2v) is 7.85. The first-order chi connectivity index (χ1) is 15.2. The fraction of sp³-hybridized carbons (Fsp3) is 0.320. The number of carbonyl (C=O) groups is 3. The molecule has 0 bridgehead atoms.